The van der Waals surface area contributed by atoms with Gasteiger partial charge in [-0.25, -0.2) is 0 Å². The van der Waals surface area contributed by atoms with Crippen LogP contribution in [0.3, 0.4) is 0 Å². The molecule has 1 aromatic carbocycles. The van der Waals surface area contributed by atoms with E-state index in [-0.39, 0.29) is 5.91 Å². The third kappa shape index (κ3) is 5.73. The first kappa shape index (κ1) is 18.6. The molecule has 6 heteroatoms. The van der Waals surface area contributed by atoms with Gasteiger partial charge in [0.1, 0.15) is 0 Å². The van der Waals surface area contributed by atoms with Gasteiger partial charge in [-0.1, -0.05) is 18.5 Å². The monoisotopic (exact) mass is 329 g/mol. The zero-order valence-electron chi connectivity index (χ0n) is 13.4. The van der Waals surface area contributed by atoms with E-state index in [2.05, 4.69) is 5.32 Å². The van der Waals surface area contributed by atoms with Gasteiger partial charge in [-0.05, 0) is 31.9 Å². The van der Waals surface area contributed by atoms with E-state index in [1.807, 2.05) is 13.8 Å². The summed E-state index contributed by atoms with van der Waals surface area (Å²) in [7, 11) is 1.63. The highest BCUT2D eigenvalue weighted by atomic mass is 35.5. The normalized spacial score (nSPS) is 10.4. The Labute approximate surface area is 136 Å². The molecular weight excluding hydrogens is 306 g/mol. The predicted octanol–water partition coefficient (Wildman–Crippen LogP) is 3.29. The molecule has 1 rings (SSSR count). The summed E-state index contributed by atoms with van der Waals surface area (Å²) in [5.41, 5.74) is 0.453. The summed E-state index contributed by atoms with van der Waals surface area (Å²) in [5.74, 6) is 0.785. The van der Waals surface area contributed by atoms with Gasteiger partial charge in [0.25, 0.3) is 5.91 Å². The van der Waals surface area contributed by atoms with Gasteiger partial charge in [-0.2, -0.15) is 0 Å². The van der Waals surface area contributed by atoms with E-state index >= 15 is 0 Å². The molecule has 22 heavy (non-hydrogen) atoms. The van der Waals surface area contributed by atoms with Gasteiger partial charge in [-0.15, -0.1) is 0 Å². The fourth-order valence-electron chi connectivity index (χ4n) is 1.83. The standard InChI is InChI=1S/C16H24ClNO4/c1-4-8-22-15-13(17)10-12(11-14(15)21-5-2)16(19)18-7-6-9-20-3/h10-11H,4-9H2,1-3H3,(H,18,19). The first-order valence-corrected chi connectivity index (χ1v) is 7.88. The average Bonchev–Trinajstić information content (AvgIpc) is 2.50. The Bertz CT molecular complexity index is 479. The van der Waals surface area contributed by atoms with E-state index in [1.165, 1.54) is 0 Å². The predicted molar refractivity (Wildman–Crippen MR) is 87.2 cm³/mol. The van der Waals surface area contributed by atoms with Crippen LogP contribution < -0.4 is 14.8 Å². The molecule has 0 saturated carbocycles. The maximum atomic E-state index is 12.1. The van der Waals surface area contributed by atoms with Crippen LogP contribution in [-0.4, -0.2) is 39.4 Å². The lowest BCUT2D eigenvalue weighted by molar-refractivity contribution is 0.0948. The molecule has 0 atom stereocenters. The fraction of sp³-hybridized carbons (Fsp3) is 0.562. The van der Waals surface area contributed by atoms with E-state index in [9.17, 15) is 4.79 Å². The number of methoxy groups -OCH3 is 1. The average molecular weight is 330 g/mol. The summed E-state index contributed by atoms with van der Waals surface area (Å²) >= 11 is 6.23. The molecule has 1 aromatic rings. The second kappa shape index (κ2) is 10.3. The molecule has 0 saturated heterocycles. The minimum atomic E-state index is -0.194. The molecular formula is C16H24ClNO4. The van der Waals surface area contributed by atoms with Gasteiger partial charge in [0.2, 0.25) is 0 Å². The second-order valence-electron chi connectivity index (χ2n) is 4.67. The van der Waals surface area contributed by atoms with Crippen LogP contribution in [0.1, 0.15) is 37.0 Å². The highest BCUT2D eigenvalue weighted by Gasteiger charge is 2.16. The Morgan fingerprint density at radius 2 is 2.00 bits per heavy atom. The molecule has 0 aliphatic heterocycles. The van der Waals surface area contributed by atoms with Crippen molar-refractivity contribution >= 4 is 17.5 Å². The molecule has 0 aromatic heterocycles. The highest BCUT2D eigenvalue weighted by molar-refractivity contribution is 6.32. The Balaban J connectivity index is 2.85. The molecule has 0 radical (unpaired) electrons. The largest absolute Gasteiger partial charge is 0.490 e. The molecule has 0 bridgehead atoms. The van der Waals surface area contributed by atoms with Crippen LogP contribution in [0.4, 0.5) is 0 Å². The lowest BCUT2D eigenvalue weighted by Gasteiger charge is -2.15. The minimum absolute atomic E-state index is 0.194. The van der Waals surface area contributed by atoms with Crippen molar-refractivity contribution in [2.24, 2.45) is 0 Å². The molecule has 5 nitrogen and oxygen atoms in total. The Morgan fingerprint density at radius 3 is 2.64 bits per heavy atom. The number of amides is 1. The van der Waals surface area contributed by atoms with Gasteiger partial charge < -0.3 is 19.5 Å². The molecule has 0 aliphatic rings. The number of carbonyl (C=O) groups is 1. The van der Waals surface area contributed by atoms with Gasteiger partial charge in [0, 0.05) is 25.8 Å². The van der Waals surface area contributed by atoms with Crippen molar-refractivity contribution in [1.82, 2.24) is 5.32 Å². The van der Waals surface area contributed by atoms with Crippen molar-refractivity contribution in [3.63, 3.8) is 0 Å². The second-order valence-corrected chi connectivity index (χ2v) is 5.08. The van der Waals surface area contributed by atoms with Crippen molar-refractivity contribution in [2.75, 3.05) is 33.5 Å². The summed E-state index contributed by atoms with van der Waals surface area (Å²) in [4.78, 5) is 12.1. The number of benzene rings is 1. The summed E-state index contributed by atoms with van der Waals surface area (Å²) < 4.78 is 16.1. The van der Waals surface area contributed by atoms with Crippen LogP contribution in [-0.2, 0) is 4.74 Å². The summed E-state index contributed by atoms with van der Waals surface area (Å²) in [5, 5.41) is 3.20. The number of hydrogen-bond donors (Lipinski definition) is 1. The smallest absolute Gasteiger partial charge is 0.251 e. The molecule has 0 aliphatic carbocycles. The molecule has 124 valence electrons. The molecule has 1 amide bonds. The van der Waals surface area contributed by atoms with Crippen molar-refractivity contribution in [3.05, 3.63) is 22.7 Å². The molecule has 0 spiro atoms. The topological polar surface area (TPSA) is 56.8 Å². The van der Waals surface area contributed by atoms with Crippen molar-refractivity contribution < 1.29 is 19.0 Å². The summed E-state index contributed by atoms with van der Waals surface area (Å²) in [6.07, 6.45) is 1.62. The van der Waals surface area contributed by atoms with Gasteiger partial charge in [-0.3, -0.25) is 4.79 Å². The molecule has 0 unspecified atom stereocenters. The number of carbonyl (C=O) groups excluding carboxylic acids is 1. The lowest BCUT2D eigenvalue weighted by Crippen LogP contribution is -2.25. The van der Waals surface area contributed by atoms with E-state index in [1.54, 1.807) is 19.2 Å². The molecule has 0 fully saturated rings. The van der Waals surface area contributed by atoms with Crippen LogP contribution in [0, 0.1) is 0 Å². The zero-order valence-corrected chi connectivity index (χ0v) is 14.2. The maximum Gasteiger partial charge on any atom is 0.251 e. The Kier molecular flexibility index (Phi) is 8.70. The van der Waals surface area contributed by atoms with Crippen LogP contribution in [0.5, 0.6) is 11.5 Å². The first-order valence-electron chi connectivity index (χ1n) is 7.50. The number of rotatable bonds is 10. The third-order valence-electron chi connectivity index (χ3n) is 2.83. The van der Waals surface area contributed by atoms with Gasteiger partial charge in [0.05, 0.1) is 18.2 Å². The molecule has 0 heterocycles. The Morgan fingerprint density at radius 1 is 1.23 bits per heavy atom. The number of hydrogen-bond acceptors (Lipinski definition) is 4. The third-order valence-corrected chi connectivity index (χ3v) is 3.11. The highest BCUT2D eigenvalue weighted by Crippen LogP contribution is 2.36. The van der Waals surface area contributed by atoms with Gasteiger partial charge in [0.15, 0.2) is 11.5 Å². The van der Waals surface area contributed by atoms with E-state index < -0.39 is 0 Å². The summed E-state index contributed by atoms with van der Waals surface area (Å²) in [6, 6.07) is 3.26. The number of ether oxygens (including phenoxy) is 3. The van der Waals surface area contributed by atoms with Crippen molar-refractivity contribution in [2.45, 2.75) is 26.7 Å². The number of nitrogens with one attached hydrogen (secondary N) is 1. The van der Waals surface area contributed by atoms with Gasteiger partial charge >= 0.3 is 0 Å². The van der Waals surface area contributed by atoms with Crippen LogP contribution >= 0.6 is 11.6 Å². The zero-order chi connectivity index (χ0) is 16.4. The quantitative estimate of drug-likeness (QED) is 0.669. The van der Waals surface area contributed by atoms with Crippen LogP contribution in [0.15, 0.2) is 12.1 Å². The maximum absolute atomic E-state index is 12.1. The van der Waals surface area contributed by atoms with E-state index in [4.69, 9.17) is 25.8 Å². The Hall–Kier alpha value is -1.46. The van der Waals surface area contributed by atoms with E-state index in [0.29, 0.717) is 48.5 Å². The number of halogens is 1. The van der Waals surface area contributed by atoms with E-state index in [0.717, 1.165) is 12.8 Å². The van der Waals surface area contributed by atoms with Crippen LogP contribution in [0.25, 0.3) is 0 Å². The van der Waals surface area contributed by atoms with Crippen LogP contribution in [0.2, 0.25) is 5.02 Å². The molecule has 1 N–H and O–H groups in total. The summed E-state index contributed by atoms with van der Waals surface area (Å²) in [6.45, 7) is 6.04. The van der Waals surface area contributed by atoms with Crippen molar-refractivity contribution in [1.29, 1.82) is 0 Å². The SMILES string of the molecule is CCCOc1c(Cl)cc(C(=O)NCCCOC)cc1OCC. The fourth-order valence-corrected chi connectivity index (χ4v) is 2.09. The minimum Gasteiger partial charge on any atom is -0.490 e. The van der Waals surface area contributed by atoms with Crippen molar-refractivity contribution in [3.8, 4) is 11.5 Å². The first-order chi connectivity index (χ1) is 10.6. The lowest BCUT2D eigenvalue weighted by atomic mass is 10.2.